The monoisotopic (exact) mass is 327 g/mol. The molecule has 0 bridgehead atoms. The van der Waals surface area contributed by atoms with Crippen molar-refractivity contribution in [1.82, 2.24) is 0 Å². The van der Waals surface area contributed by atoms with Crippen LogP contribution in [0.4, 0.5) is 5.69 Å². The molecule has 118 valence electrons. The molecule has 3 rings (SSSR count). The first-order chi connectivity index (χ1) is 11.2. The van der Waals surface area contributed by atoms with Gasteiger partial charge in [-0.25, -0.2) is 0 Å². The van der Waals surface area contributed by atoms with Crippen molar-refractivity contribution in [3.8, 4) is 18.1 Å². The zero-order valence-electron chi connectivity index (χ0n) is 12.8. The number of hydrogen-bond acceptors (Lipinski definition) is 2. The normalized spacial score (nSPS) is 16.3. The fourth-order valence-corrected chi connectivity index (χ4v) is 3.52. The largest absolute Gasteiger partial charge is 0.507 e. The number of anilines is 1. The molecule has 2 aromatic carbocycles. The molecule has 2 aromatic rings. The fraction of sp³-hybridized carbons (Fsp3) is 0.316. The zero-order valence-corrected chi connectivity index (χ0v) is 13.5. The molecule has 0 spiro atoms. The van der Waals surface area contributed by atoms with Crippen LogP contribution in [0.5, 0.6) is 5.75 Å². The number of phenolic OH excluding ortho intramolecular Hbond substituents is 1. The fourth-order valence-electron chi connectivity index (χ4n) is 3.27. The van der Waals surface area contributed by atoms with Crippen molar-refractivity contribution in [3.63, 3.8) is 0 Å². The Labute approximate surface area is 140 Å². The summed E-state index contributed by atoms with van der Waals surface area (Å²) in [7, 11) is 0. The minimum Gasteiger partial charge on any atom is -0.507 e. The van der Waals surface area contributed by atoms with E-state index in [2.05, 4.69) is 5.92 Å². The summed E-state index contributed by atoms with van der Waals surface area (Å²) in [6.07, 6.45) is 6.92. The number of carbonyl (C=O) groups is 1. The van der Waals surface area contributed by atoms with Crippen molar-refractivity contribution in [2.75, 3.05) is 17.3 Å². The molecule has 0 radical (unpaired) electrons. The predicted molar refractivity (Wildman–Crippen MR) is 94.1 cm³/mol. The van der Waals surface area contributed by atoms with Gasteiger partial charge in [0.05, 0.1) is 5.69 Å². The van der Waals surface area contributed by atoms with E-state index in [0.29, 0.717) is 31.7 Å². The van der Waals surface area contributed by atoms with Gasteiger partial charge in [-0.2, -0.15) is 0 Å². The van der Waals surface area contributed by atoms with Crippen molar-refractivity contribution in [3.05, 3.63) is 35.9 Å². The third kappa shape index (κ3) is 2.75. The number of terminal acetylenes is 1. The minimum atomic E-state index is 0.0313. The highest BCUT2D eigenvalue weighted by atomic mass is 35.5. The van der Waals surface area contributed by atoms with Crippen molar-refractivity contribution >= 4 is 34.0 Å². The Bertz CT molecular complexity index is 794. The van der Waals surface area contributed by atoms with Gasteiger partial charge in [-0.05, 0) is 17.4 Å². The number of fused-ring (bicyclic) bond motifs is 3. The molecule has 1 aliphatic rings. The van der Waals surface area contributed by atoms with Gasteiger partial charge in [0.15, 0.2) is 0 Å². The summed E-state index contributed by atoms with van der Waals surface area (Å²) in [5.41, 5.74) is 1.83. The summed E-state index contributed by atoms with van der Waals surface area (Å²) >= 11 is 6.15. The number of amides is 1. The molecule has 23 heavy (non-hydrogen) atoms. The van der Waals surface area contributed by atoms with E-state index in [9.17, 15) is 9.90 Å². The van der Waals surface area contributed by atoms with Crippen LogP contribution in [0.3, 0.4) is 0 Å². The summed E-state index contributed by atoms with van der Waals surface area (Å²) in [5.74, 6) is 3.29. The SMILES string of the molecule is C#CCCCC(=O)N1C[C@@H](CCl)c2c1cc(O)c1ccccc21. The van der Waals surface area contributed by atoms with Gasteiger partial charge in [0.1, 0.15) is 5.75 Å². The minimum absolute atomic E-state index is 0.0313. The van der Waals surface area contributed by atoms with Crippen LogP contribution in [0.1, 0.15) is 30.7 Å². The maximum absolute atomic E-state index is 12.5. The quantitative estimate of drug-likeness (QED) is 0.523. The Kier molecular flexibility index (Phi) is 4.45. The number of aromatic hydroxyl groups is 1. The molecular weight excluding hydrogens is 310 g/mol. The molecule has 0 fully saturated rings. The van der Waals surface area contributed by atoms with Crippen molar-refractivity contribution < 1.29 is 9.90 Å². The van der Waals surface area contributed by atoms with Crippen LogP contribution in [0, 0.1) is 12.3 Å². The van der Waals surface area contributed by atoms with Gasteiger partial charge in [0, 0.05) is 42.6 Å². The molecule has 0 saturated heterocycles. The standard InChI is InChI=1S/C19H18ClNO2/c1-2-3-4-9-18(23)21-12-13(11-20)19-15-8-6-5-7-14(15)17(22)10-16(19)21/h1,5-8,10,13,22H,3-4,9,11-12H2/t13-/m1/s1. The van der Waals surface area contributed by atoms with Crippen LogP contribution in [0.2, 0.25) is 0 Å². The lowest BCUT2D eigenvalue weighted by atomic mass is 9.95. The second kappa shape index (κ2) is 6.52. The Morgan fingerprint density at radius 3 is 2.83 bits per heavy atom. The van der Waals surface area contributed by atoms with Crippen LogP contribution in [0.15, 0.2) is 30.3 Å². The molecule has 0 saturated carbocycles. The second-order valence-corrected chi connectivity index (χ2v) is 6.10. The number of halogens is 1. The maximum Gasteiger partial charge on any atom is 0.227 e. The van der Waals surface area contributed by atoms with Crippen molar-refractivity contribution in [1.29, 1.82) is 0 Å². The Balaban J connectivity index is 2.04. The summed E-state index contributed by atoms with van der Waals surface area (Å²) in [6, 6.07) is 9.36. The van der Waals surface area contributed by atoms with Crippen molar-refractivity contribution in [2.45, 2.75) is 25.2 Å². The lowest BCUT2D eigenvalue weighted by Crippen LogP contribution is -2.29. The number of phenols is 1. The van der Waals surface area contributed by atoms with Crippen LogP contribution in [0.25, 0.3) is 10.8 Å². The Morgan fingerprint density at radius 1 is 1.39 bits per heavy atom. The first-order valence-electron chi connectivity index (χ1n) is 7.71. The summed E-state index contributed by atoms with van der Waals surface area (Å²) in [6.45, 7) is 0.557. The molecular formula is C19H18ClNO2. The third-order valence-electron chi connectivity index (χ3n) is 4.34. The number of alkyl halides is 1. The molecule has 0 aromatic heterocycles. The van der Waals surface area contributed by atoms with Crippen molar-refractivity contribution in [2.24, 2.45) is 0 Å². The number of benzene rings is 2. The van der Waals surface area contributed by atoms with Gasteiger partial charge in [-0.1, -0.05) is 24.3 Å². The average molecular weight is 328 g/mol. The lowest BCUT2D eigenvalue weighted by Gasteiger charge is -2.18. The summed E-state index contributed by atoms with van der Waals surface area (Å²) in [4.78, 5) is 14.3. The number of carbonyl (C=O) groups excluding carboxylic acids is 1. The predicted octanol–water partition coefficient (Wildman–Crippen LogP) is 4.02. The van der Waals surface area contributed by atoms with E-state index < -0.39 is 0 Å². The van der Waals surface area contributed by atoms with Gasteiger partial charge in [0.2, 0.25) is 5.91 Å². The van der Waals surface area contributed by atoms with Gasteiger partial charge >= 0.3 is 0 Å². The second-order valence-electron chi connectivity index (χ2n) is 5.79. The molecule has 1 heterocycles. The average Bonchev–Trinajstić information content (AvgIpc) is 2.94. The van der Waals surface area contributed by atoms with E-state index in [4.69, 9.17) is 18.0 Å². The molecule has 1 N–H and O–H groups in total. The van der Waals surface area contributed by atoms with Crippen LogP contribution >= 0.6 is 11.6 Å². The highest BCUT2D eigenvalue weighted by molar-refractivity contribution is 6.19. The van der Waals surface area contributed by atoms with Gasteiger partial charge in [-0.15, -0.1) is 23.9 Å². The van der Waals surface area contributed by atoms with Gasteiger partial charge < -0.3 is 10.0 Å². The zero-order chi connectivity index (χ0) is 16.4. The van der Waals surface area contributed by atoms with Crippen LogP contribution in [-0.4, -0.2) is 23.4 Å². The molecule has 1 aliphatic heterocycles. The van der Waals surface area contributed by atoms with Crippen LogP contribution in [-0.2, 0) is 4.79 Å². The molecule has 3 nitrogen and oxygen atoms in total. The summed E-state index contributed by atoms with van der Waals surface area (Å²) < 4.78 is 0. The topological polar surface area (TPSA) is 40.5 Å². The number of hydrogen-bond donors (Lipinski definition) is 1. The molecule has 0 aliphatic carbocycles. The Morgan fingerprint density at radius 2 is 2.13 bits per heavy atom. The first kappa shape index (κ1) is 15.7. The smallest absolute Gasteiger partial charge is 0.227 e. The van der Waals surface area contributed by atoms with E-state index in [1.54, 1.807) is 11.0 Å². The Hall–Kier alpha value is -2.18. The molecule has 1 amide bonds. The highest BCUT2D eigenvalue weighted by Crippen LogP contribution is 2.45. The van der Waals surface area contributed by atoms with Gasteiger partial charge in [-0.3, -0.25) is 4.79 Å². The maximum atomic E-state index is 12.5. The first-order valence-corrected chi connectivity index (χ1v) is 8.25. The van der Waals surface area contributed by atoms with Crippen LogP contribution < -0.4 is 4.90 Å². The summed E-state index contributed by atoms with van der Waals surface area (Å²) in [5, 5.41) is 12.1. The molecule has 0 unspecified atom stereocenters. The molecule has 4 heteroatoms. The van der Waals surface area contributed by atoms with E-state index >= 15 is 0 Å². The number of rotatable bonds is 4. The van der Waals surface area contributed by atoms with E-state index in [0.717, 1.165) is 22.0 Å². The van der Waals surface area contributed by atoms with E-state index in [1.165, 1.54) is 0 Å². The van der Waals surface area contributed by atoms with E-state index in [-0.39, 0.29) is 17.6 Å². The number of nitrogens with zero attached hydrogens (tertiary/aromatic N) is 1. The highest BCUT2D eigenvalue weighted by Gasteiger charge is 2.33. The van der Waals surface area contributed by atoms with E-state index in [1.807, 2.05) is 24.3 Å². The number of unbranched alkanes of at least 4 members (excludes halogenated alkanes) is 1. The third-order valence-corrected chi connectivity index (χ3v) is 4.72. The van der Waals surface area contributed by atoms with Gasteiger partial charge in [0.25, 0.3) is 0 Å². The lowest BCUT2D eigenvalue weighted by molar-refractivity contribution is -0.118. The molecule has 1 atom stereocenters.